The van der Waals surface area contributed by atoms with E-state index in [1.165, 1.54) is 18.2 Å². The zero-order valence-electron chi connectivity index (χ0n) is 23.2. The topological polar surface area (TPSA) is 93.4 Å². The first kappa shape index (κ1) is 12.0. The van der Waals surface area contributed by atoms with E-state index in [2.05, 4.69) is 5.32 Å². The summed E-state index contributed by atoms with van der Waals surface area (Å²) in [6.45, 7) is -11.3. The Labute approximate surface area is 178 Å². The van der Waals surface area contributed by atoms with Gasteiger partial charge in [0.05, 0.1) is 12.2 Å². The molecule has 0 spiro atoms. The number of nitrogens with one attached hydrogen (secondary N) is 2. The number of urea groups is 1. The van der Waals surface area contributed by atoms with Gasteiger partial charge < -0.3 is 21.1 Å². The summed E-state index contributed by atoms with van der Waals surface area (Å²) in [4.78, 5) is 24.2. The van der Waals surface area contributed by atoms with Crippen LogP contribution in [-0.4, -0.2) is 23.9 Å². The third-order valence-electron chi connectivity index (χ3n) is 3.31. The molecule has 0 radical (unpaired) electrons. The molecule has 0 aliphatic rings. The van der Waals surface area contributed by atoms with Crippen LogP contribution in [0.2, 0.25) is 0 Å². The zero-order chi connectivity index (χ0) is 26.7. The quantitative estimate of drug-likeness (QED) is 0.617. The predicted octanol–water partition coefficient (Wildman–Crippen LogP) is 3.75. The number of benzene rings is 2. The number of amides is 2. The van der Waals surface area contributed by atoms with Crippen molar-refractivity contribution in [2.45, 2.75) is 32.7 Å². The van der Waals surface area contributed by atoms with E-state index in [1.807, 2.05) is 35.6 Å². The summed E-state index contributed by atoms with van der Waals surface area (Å²) in [6, 6.07) is 12.0. The van der Waals surface area contributed by atoms with Crippen molar-refractivity contribution >= 4 is 29.9 Å². The Morgan fingerprint density at radius 3 is 2.48 bits per heavy atom. The summed E-state index contributed by atoms with van der Waals surface area (Å²) < 4.78 is 74.2. The van der Waals surface area contributed by atoms with E-state index in [0.717, 1.165) is 5.56 Å². The van der Waals surface area contributed by atoms with Crippen molar-refractivity contribution in [3.05, 3.63) is 59.7 Å². The van der Waals surface area contributed by atoms with Crippen LogP contribution >= 0.6 is 12.4 Å². The standard InChI is InChI=1S/C20H25N3O3.ClH/c1-20(2,3)22-12-17(24)15-9-10-18(16(11-15)23-19(21)25)26-13-14-7-5-4-6-8-14;/h4-11,22H,12-13H2,1-3H3,(H3,21,23,25);1H/i1D3,2D3,3D3;. The van der Waals surface area contributed by atoms with E-state index < -0.39 is 44.5 Å². The van der Waals surface area contributed by atoms with Crippen molar-refractivity contribution in [3.8, 4) is 5.75 Å². The van der Waals surface area contributed by atoms with Crippen LogP contribution in [0.1, 0.15) is 48.8 Å². The third-order valence-corrected chi connectivity index (χ3v) is 3.31. The van der Waals surface area contributed by atoms with E-state index in [-0.39, 0.29) is 36.0 Å². The molecule has 0 bridgehead atoms. The molecule has 2 amide bonds. The number of hydrogen-bond acceptors (Lipinski definition) is 4. The summed E-state index contributed by atoms with van der Waals surface area (Å²) in [6.07, 6.45) is 0. The molecule has 2 rings (SSSR count). The first-order valence-electron chi connectivity index (χ1n) is 12.1. The molecule has 6 nitrogen and oxygen atoms in total. The van der Waals surface area contributed by atoms with Gasteiger partial charge in [0.1, 0.15) is 12.4 Å². The fourth-order valence-electron chi connectivity index (χ4n) is 2.11. The van der Waals surface area contributed by atoms with E-state index in [4.69, 9.17) is 22.8 Å². The number of rotatable bonds is 7. The average molecular weight is 401 g/mol. The van der Waals surface area contributed by atoms with Crippen LogP contribution in [0.25, 0.3) is 0 Å². The molecule has 0 aromatic heterocycles. The van der Waals surface area contributed by atoms with Gasteiger partial charge in [-0.1, -0.05) is 30.3 Å². The predicted molar refractivity (Wildman–Crippen MR) is 110 cm³/mol. The number of carbonyl (C=O) groups is 2. The number of ether oxygens (including phenoxy) is 1. The first-order valence-corrected chi connectivity index (χ1v) is 7.65. The SMILES string of the molecule is Cl.[2H]C([2H])([2H])C(NCC(=O)c1ccc(OCc2ccccc2)c(NC(N)=O)c1)(C([2H])([2H])[2H])C([2H])([2H])[2H]. The van der Waals surface area contributed by atoms with Crippen LogP contribution in [0.15, 0.2) is 48.5 Å². The molecule has 7 heteroatoms. The molecular weight excluding hydrogens is 366 g/mol. The second-order valence-corrected chi connectivity index (χ2v) is 5.50. The number of halogens is 1. The maximum atomic E-state index is 12.8. The van der Waals surface area contributed by atoms with E-state index in [9.17, 15) is 9.59 Å². The van der Waals surface area contributed by atoms with E-state index in [0.29, 0.717) is 0 Å². The van der Waals surface area contributed by atoms with Crippen LogP contribution in [0.4, 0.5) is 10.5 Å². The number of primary amides is 1. The molecule has 0 fully saturated rings. The monoisotopic (exact) mass is 400 g/mol. The largest absolute Gasteiger partial charge is 0.487 e. The van der Waals surface area contributed by atoms with Crippen molar-refractivity contribution in [2.75, 3.05) is 11.9 Å². The van der Waals surface area contributed by atoms with Crippen LogP contribution in [0.3, 0.4) is 0 Å². The highest BCUT2D eigenvalue weighted by molar-refractivity contribution is 6.00. The number of anilines is 1. The third kappa shape index (κ3) is 7.68. The molecule has 0 aliphatic heterocycles. The van der Waals surface area contributed by atoms with Gasteiger partial charge in [0, 0.05) is 23.4 Å². The van der Waals surface area contributed by atoms with Crippen molar-refractivity contribution in [1.29, 1.82) is 0 Å². The Kier molecular flexibility index (Phi) is 4.42. The fourth-order valence-corrected chi connectivity index (χ4v) is 2.11. The minimum Gasteiger partial charge on any atom is -0.487 e. The Hall–Kier alpha value is -2.57. The Bertz CT molecular complexity index is 1020. The number of carbonyl (C=O) groups excluding carboxylic acids is 2. The van der Waals surface area contributed by atoms with Gasteiger partial charge in [-0.25, -0.2) is 4.79 Å². The smallest absolute Gasteiger partial charge is 0.316 e. The molecule has 0 atom stereocenters. The molecule has 0 saturated carbocycles. The summed E-state index contributed by atoms with van der Waals surface area (Å²) in [7, 11) is 0. The molecule has 2 aromatic rings. The Morgan fingerprint density at radius 1 is 1.15 bits per heavy atom. The highest BCUT2D eigenvalue weighted by Crippen LogP contribution is 2.27. The number of nitrogens with two attached hydrogens (primary N) is 1. The highest BCUT2D eigenvalue weighted by Gasteiger charge is 2.15. The lowest BCUT2D eigenvalue weighted by Crippen LogP contribution is -2.39. The highest BCUT2D eigenvalue weighted by atomic mass is 35.5. The second-order valence-electron chi connectivity index (χ2n) is 5.50. The van der Waals surface area contributed by atoms with Crippen LogP contribution in [-0.2, 0) is 6.61 Å². The van der Waals surface area contributed by atoms with Gasteiger partial charge >= 0.3 is 6.03 Å². The van der Waals surface area contributed by atoms with E-state index >= 15 is 0 Å². The lowest BCUT2D eigenvalue weighted by atomic mass is 10.1. The van der Waals surface area contributed by atoms with Crippen LogP contribution in [0, 0.1) is 0 Å². The van der Waals surface area contributed by atoms with Crippen molar-refractivity contribution < 1.29 is 26.7 Å². The van der Waals surface area contributed by atoms with Crippen molar-refractivity contribution in [1.82, 2.24) is 5.32 Å². The minimum atomic E-state index is -3.50. The van der Waals surface area contributed by atoms with Crippen LogP contribution < -0.4 is 21.1 Å². The van der Waals surface area contributed by atoms with Crippen molar-refractivity contribution in [3.63, 3.8) is 0 Å². The Morgan fingerprint density at radius 2 is 1.85 bits per heavy atom. The molecule has 27 heavy (non-hydrogen) atoms. The molecular formula is C20H26ClN3O3. The van der Waals surface area contributed by atoms with Gasteiger partial charge in [-0.2, -0.15) is 0 Å². The summed E-state index contributed by atoms with van der Waals surface area (Å²) in [5, 5.41) is 4.31. The number of hydrogen-bond donors (Lipinski definition) is 3. The van der Waals surface area contributed by atoms with Gasteiger partial charge in [0.25, 0.3) is 0 Å². The fraction of sp³-hybridized carbons (Fsp3) is 0.300. The second kappa shape index (κ2) is 9.94. The van der Waals surface area contributed by atoms with Crippen LogP contribution in [0.5, 0.6) is 5.75 Å². The first-order chi connectivity index (χ1) is 16.0. The molecule has 0 aliphatic carbocycles. The van der Waals surface area contributed by atoms with Gasteiger partial charge in [-0.05, 0) is 44.3 Å². The average Bonchev–Trinajstić information content (AvgIpc) is 2.70. The van der Waals surface area contributed by atoms with Crippen molar-refractivity contribution in [2.24, 2.45) is 5.73 Å². The Balaban J connectivity index is 0.00000648. The van der Waals surface area contributed by atoms with Gasteiger partial charge in [0.15, 0.2) is 5.78 Å². The number of Topliss-reactive ketones (excluding diaryl/α,β-unsaturated/α-hetero) is 1. The molecule has 0 heterocycles. The normalized spacial score (nSPS) is 17.0. The molecule has 146 valence electrons. The molecule has 2 aromatic carbocycles. The van der Waals surface area contributed by atoms with Gasteiger partial charge in [-0.3, -0.25) is 4.79 Å². The molecule has 0 unspecified atom stereocenters. The minimum absolute atomic E-state index is 0. The molecule has 0 saturated heterocycles. The maximum Gasteiger partial charge on any atom is 0.316 e. The zero-order valence-corrected chi connectivity index (χ0v) is 15.1. The maximum absolute atomic E-state index is 12.8. The molecule has 4 N–H and O–H groups in total. The summed E-state index contributed by atoms with van der Waals surface area (Å²) >= 11 is 0. The number of ketones is 1. The van der Waals surface area contributed by atoms with Gasteiger partial charge in [-0.15, -0.1) is 12.4 Å². The van der Waals surface area contributed by atoms with Gasteiger partial charge in [0.2, 0.25) is 0 Å². The summed E-state index contributed by atoms with van der Waals surface area (Å²) in [5.74, 6) is -0.645. The van der Waals surface area contributed by atoms with E-state index in [1.54, 1.807) is 0 Å². The summed E-state index contributed by atoms with van der Waals surface area (Å²) in [5.41, 5.74) is 2.63. The lowest BCUT2D eigenvalue weighted by Gasteiger charge is -2.20. The lowest BCUT2D eigenvalue weighted by molar-refractivity contribution is 0.0982.